The summed E-state index contributed by atoms with van der Waals surface area (Å²) >= 11 is 0. The van der Waals surface area contributed by atoms with Crippen LogP contribution in [-0.2, 0) is 6.54 Å². The number of nitrogens with one attached hydrogen (secondary N) is 1. The number of anilines is 1. The Morgan fingerprint density at radius 1 is 1.20 bits per heavy atom. The first-order valence-electron chi connectivity index (χ1n) is 8.36. The Morgan fingerprint density at radius 2 is 2.04 bits per heavy atom. The first-order valence-corrected chi connectivity index (χ1v) is 8.36. The fraction of sp³-hybridized carbons (Fsp3) is 0.389. The van der Waals surface area contributed by atoms with Gasteiger partial charge in [0, 0.05) is 18.2 Å². The summed E-state index contributed by atoms with van der Waals surface area (Å²) in [6.07, 6.45) is 3.94. The normalized spacial score (nSPS) is 13.9. The second-order valence-corrected chi connectivity index (χ2v) is 6.21. The van der Waals surface area contributed by atoms with Crippen LogP contribution >= 0.6 is 0 Å². The Kier molecular flexibility index (Phi) is 3.91. The summed E-state index contributed by atoms with van der Waals surface area (Å²) in [5, 5.41) is 9.05. The Labute approximate surface area is 146 Å². The lowest BCUT2D eigenvalue weighted by Gasteiger charge is -2.12. The minimum Gasteiger partial charge on any atom is -0.497 e. The van der Waals surface area contributed by atoms with Crippen molar-refractivity contribution in [2.45, 2.75) is 32.4 Å². The van der Waals surface area contributed by atoms with Crippen LogP contribution in [0.5, 0.6) is 11.5 Å². The van der Waals surface area contributed by atoms with Gasteiger partial charge in [-0.05, 0) is 31.9 Å². The molecule has 7 nitrogen and oxygen atoms in total. The van der Waals surface area contributed by atoms with Gasteiger partial charge in [0.05, 0.1) is 31.3 Å². The molecule has 0 radical (unpaired) electrons. The van der Waals surface area contributed by atoms with Crippen molar-refractivity contribution in [2.24, 2.45) is 0 Å². The van der Waals surface area contributed by atoms with Crippen molar-refractivity contribution < 1.29 is 9.47 Å². The zero-order valence-corrected chi connectivity index (χ0v) is 14.6. The van der Waals surface area contributed by atoms with Crippen LogP contribution in [0.15, 0.2) is 24.5 Å². The van der Waals surface area contributed by atoms with Gasteiger partial charge in [0.1, 0.15) is 23.6 Å². The van der Waals surface area contributed by atoms with Crippen molar-refractivity contribution in [2.75, 3.05) is 19.5 Å². The smallest absolute Gasteiger partial charge is 0.163 e. The summed E-state index contributed by atoms with van der Waals surface area (Å²) in [5.41, 5.74) is 2.88. The first kappa shape index (κ1) is 15.7. The molecule has 0 saturated heterocycles. The molecular formula is C18H21N5O2. The highest BCUT2D eigenvalue weighted by atomic mass is 16.5. The van der Waals surface area contributed by atoms with E-state index in [1.54, 1.807) is 20.5 Å². The quantitative estimate of drug-likeness (QED) is 0.744. The van der Waals surface area contributed by atoms with Gasteiger partial charge in [-0.2, -0.15) is 5.10 Å². The standard InChI is InChI=1S/C18H21N5O2/c1-11-16-17(20-10-21-18(16)23(22-11)13-5-6-13)19-9-12-4-7-14(24-2)8-15(12)25-3/h4,7-8,10,13H,5-6,9H2,1-3H3,(H,19,20,21). The average Bonchev–Trinajstić information content (AvgIpc) is 3.43. The second kappa shape index (κ2) is 6.23. The predicted molar refractivity (Wildman–Crippen MR) is 95.2 cm³/mol. The van der Waals surface area contributed by atoms with Crippen molar-refractivity contribution in [1.82, 2.24) is 19.7 Å². The van der Waals surface area contributed by atoms with E-state index >= 15 is 0 Å². The molecule has 1 aliphatic rings. The number of benzene rings is 1. The number of nitrogens with zero attached hydrogens (tertiary/aromatic N) is 4. The number of methoxy groups -OCH3 is 2. The van der Waals surface area contributed by atoms with E-state index in [9.17, 15) is 0 Å². The van der Waals surface area contributed by atoms with Crippen LogP contribution < -0.4 is 14.8 Å². The van der Waals surface area contributed by atoms with Crippen molar-refractivity contribution >= 4 is 16.9 Å². The molecule has 0 atom stereocenters. The number of rotatable bonds is 6. The van der Waals surface area contributed by atoms with Gasteiger partial charge < -0.3 is 14.8 Å². The summed E-state index contributed by atoms with van der Waals surface area (Å²) in [5.74, 6) is 2.35. The molecule has 4 rings (SSSR count). The third-order valence-corrected chi connectivity index (χ3v) is 4.50. The number of fused-ring (bicyclic) bond motifs is 1. The summed E-state index contributed by atoms with van der Waals surface area (Å²) < 4.78 is 12.7. The Balaban J connectivity index is 1.63. The lowest BCUT2D eigenvalue weighted by Crippen LogP contribution is -2.05. The minimum atomic E-state index is 0.487. The van der Waals surface area contributed by atoms with Gasteiger partial charge in [0.25, 0.3) is 0 Å². The maximum atomic E-state index is 5.46. The molecule has 1 aromatic carbocycles. The number of aromatic nitrogens is 4. The van der Waals surface area contributed by atoms with Crippen molar-refractivity contribution in [3.05, 3.63) is 35.8 Å². The molecule has 0 bridgehead atoms. The molecule has 1 N–H and O–H groups in total. The minimum absolute atomic E-state index is 0.487. The monoisotopic (exact) mass is 339 g/mol. The molecule has 2 aromatic heterocycles. The number of hydrogen-bond donors (Lipinski definition) is 1. The van der Waals surface area contributed by atoms with Crippen LogP contribution in [0, 0.1) is 6.92 Å². The predicted octanol–water partition coefficient (Wildman–Crippen LogP) is 3.10. The molecule has 0 unspecified atom stereocenters. The van der Waals surface area contributed by atoms with Gasteiger partial charge in [-0.15, -0.1) is 0 Å². The molecule has 130 valence electrons. The van der Waals surface area contributed by atoms with Crippen LogP contribution in [0.25, 0.3) is 11.0 Å². The van der Waals surface area contributed by atoms with Gasteiger partial charge in [-0.25, -0.2) is 14.6 Å². The molecule has 2 heterocycles. The van der Waals surface area contributed by atoms with Gasteiger partial charge in [0.2, 0.25) is 0 Å². The van der Waals surface area contributed by atoms with E-state index < -0.39 is 0 Å². The van der Waals surface area contributed by atoms with Crippen LogP contribution in [-0.4, -0.2) is 34.0 Å². The van der Waals surface area contributed by atoms with Crippen molar-refractivity contribution in [3.63, 3.8) is 0 Å². The van der Waals surface area contributed by atoms with Gasteiger partial charge in [0.15, 0.2) is 5.65 Å². The molecule has 1 saturated carbocycles. The highest BCUT2D eigenvalue weighted by Gasteiger charge is 2.28. The lowest BCUT2D eigenvalue weighted by molar-refractivity contribution is 0.391. The van der Waals surface area contributed by atoms with Crippen molar-refractivity contribution in [3.8, 4) is 11.5 Å². The van der Waals surface area contributed by atoms with Crippen LogP contribution in [0.3, 0.4) is 0 Å². The van der Waals surface area contributed by atoms with E-state index in [-0.39, 0.29) is 0 Å². The summed E-state index contributed by atoms with van der Waals surface area (Å²) in [6, 6.07) is 6.28. The van der Waals surface area contributed by atoms with E-state index in [1.807, 2.05) is 29.8 Å². The summed E-state index contributed by atoms with van der Waals surface area (Å²) in [7, 11) is 3.30. The second-order valence-electron chi connectivity index (χ2n) is 6.21. The number of aryl methyl sites for hydroxylation is 1. The largest absolute Gasteiger partial charge is 0.497 e. The highest BCUT2D eigenvalue weighted by molar-refractivity contribution is 5.89. The third-order valence-electron chi connectivity index (χ3n) is 4.50. The van der Waals surface area contributed by atoms with Crippen LogP contribution in [0.1, 0.15) is 30.1 Å². The van der Waals surface area contributed by atoms with E-state index in [4.69, 9.17) is 9.47 Å². The van der Waals surface area contributed by atoms with Crippen molar-refractivity contribution in [1.29, 1.82) is 0 Å². The van der Waals surface area contributed by atoms with Gasteiger partial charge in [-0.3, -0.25) is 0 Å². The SMILES string of the molecule is COc1ccc(CNc2ncnc3c2c(C)nn3C2CC2)c(OC)c1. The van der Waals surface area contributed by atoms with Crippen LogP contribution in [0.2, 0.25) is 0 Å². The Bertz CT molecular complexity index is 917. The molecular weight excluding hydrogens is 318 g/mol. The molecule has 1 fully saturated rings. The molecule has 25 heavy (non-hydrogen) atoms. The molecule has 7 heteroatoms. The van der Waals surface area contributed by atoms with E-state index in [2.05, 4.69) is 20.4 Å². The Morgan fingerprint density at radius 3 is 2.76 bits per heavy atom. The third kappa shape index (κ3) is 2.86. The maximum absolute atomic E-state index is 5.46. The fourth-order valence-corrected chi connectivity index (χ4v) is 3.03. The highest BCUT2D eigenvalue weighted by Crippen LogP contribution is 2.38. The topological polar surface area (TPSA) is 74.1 Å². The van der Waals surface area contributed by atoms with Crippen LogP contribution in [0.4, 0.5) is 5.82 Å². The first-order chi connectivity index (χ1) is 12.2. The molecule has 0 aliphatic heterocycles. The Hall–Kier alpha value is -2.83. The summed E-state index contributed by atoms with van der Waals surface area (Å²) in [6.45, 7) is 2.59. The lowest BCUT2D eigenvalue weighted by atomic mass is 10.2. The average molecular weight is 339 g/mol. The number of ether oxygens (including phenoxy) is 2. The van der Waals surface area contributed by atoms with Gasteiger partial charge >= 0.3 is 0 Å². The molecule has 0 amide bonds. The number of hydrogen-bond acceptors (Lipinski definition) is 6. The zero-order chi connectivity index (χ0) is 17.4. The fourth-order valence-electron chi connectivity index (χ4n) is 3.03. The molecule has 1 aliphatic carbocycles. The van der Waals surface area contributed by atoms with E-state index in [0.717, 1.165) is 39.6 Å². The van der Waals surface area contributed by atoms with Gasteiger partial charge in [-0.1, -0.05) is 0 Å². The summed E-state index contributed by atoms with van der Waals surface area (Å²) in [4.78, 5) is 8.87. The maximum Gasteiger partial charge on any atom is 0.163 e. The zero-order valence-electron chi connectivity index (χ0n) is 14.6. The van der Waals surface area contributed by atoms with E-state index in [0.29, 0.717) is 12.6 Å². The van der Waals surface area contributed by atoms with E-state index in [1.165, 1.54) is 12.8 Å². The molecule has 0 spiro atoms. The molecule has 3 aromatic rings.